The summed E-state index contributed by atoms with van der Waals surface area (Å²) in [6, 6.07) is 3.45. The van der Waals surface area contributed by atoms with Gasteiger partial charge in [0.2, 0.25) is 0 Å². The van der Waals surface area contributed by atoms with Crippen LogP contribution < -0.4 is 0 Å². The van der Waals surface area contributed by atoms with Crippen LogP contribution in [0.15, 0.2) is 12.1 Å². The highest BCUT2D eigenvalue weighted by Crippen LogP contribution is 2.19. The summed E-state index contributed by atoms with van der Waals surface area (Å²) in [4.78, 5) is 7.46. The Morgan fingerprint density at radius 1 is 1.13 bits per heavy atom. The van der Waals surface area contributed by atoms with E-state index in [1.54, 1.807) is 6.07 Å². The Morgan fingerprint density at radius 3 is 2.20 bits per heavy atom. The summed E-state index contributed by atoms with van der Waals surface area (Å²) in [5.74, 6) is -2.07. The van der Waals surface area contributed by atoms with Gasteiger partial charge in [0, 0.05) is 12.1 Å². The highest BCUT2D eigenvalue weighted by Gasteiger charge is 2.10. The molecule has 0 N–H and O–H groups in total. The number of aromatic nitrogens is 2. The van der Waals surface area contributed by atoms with E-state index in [9.17, 15) is 8.78 Å². The van der Waals surface area contributed by atoms with Crippen LogP contribution in [0, 0.1) is 23.0 Å². The first-order valence-electron chi connectivity index (χ1n) is 3.84. The van der Waals surface area contributed by atoms with Crippen LogP contribution in [-0.4, -0.2) is 9.97 Å². The summed E-state index contributed by atoms with van der Waals surface area (Å²) in [6.07, 6.45) is 0. The molecule has 15 heavy (non-hydrogen) atoms. The first kappa shape index (κ1) is 9.74. The van der Waals surface area contributed by atoms with Crippen molar-refractivity contribution in [3.05, 3.63) is 34.6 Å². The third kappa shape index (κ3) is 1.60. The van der Waals surface area contributed by atoms with E-state index in [1.165, 1.54) is 0 Å². The maximum Gasteiger partial charge on any atom is 0.178 e. The van der Waals surface area contributed by atoms with Gasteiger partial charge in [0.25, 0.3) is 0 Å². The molecule has 0 aliphatic heterocycles. The van der Waals surface area contributed by atoms with E-state index in [4.69, 9.17) is 16.9 Å². The third-order valence-corrected chi connectivity index (χ3v) is 2.03. The maximum atomic E-state index is 12.8. The third-order valence-electron chi connectivity index (χ3n) is 1.77. The molecular weight excluding hydrogens is 224 g/mol. The summed E-state index contributed by atoms with van der Waals surface area (Å²) in [5, 5.41) is 8.47. The van der Waals surface area contributed by atoms with E-state index in [0.717, 1.165) is 12.1 Å². The van der Waals surface area contributed by atoms with E-state index in [-0.39, 0.29) is 21.9 Å². The number of hydrogen-bond acceptors (Lipinski definition) is 3. The SMILES string of the molecule is N#Cc1nc2cc(F)c(F)cc2nc1Cl. The fraction of sp³-hybridized carbons (Fsp3) is 0. The number of halogens is 3. The van der Waals surface area contributed by atoms with Crippen LogP contribution in [0.25, 0.3) is 11.0 Å². The number of rotatable bonds is 0. The van der Waals surface area contributed by atoms with Crippen LogP contribution in [0.4, 0.5) is 8.78 Å². The monoisotopic (exact) mass is 225 g/mol. The van der Waals surface area contributed by atoms with Gasteiger partial charge in [0.05, 0.1) is 11.0 Å². The quantitative estimate of drug-likeness (QED) is 0.692. The summed E-state index contributed by atoms with van der Waals surface area (Å²) >= 11 is 5.58. The Bertz CT molecular complexity index is 592. The molecule has 74 valence electrons. The molecule has 1 aromatic heterocycles. The predicted molar refractivity (Wildman–Crippen MR) is 49.2 cm³/mol. The smallest absolute Gasteiger partial charge is 0.178 e. The van der Waals surface area contributed by atoms with Gasteiger partial charge in [-0.25, -0.2) is 18.7 Å². The molecule has 0 radical (unpaired) electrons. The van der Waals surface area contributed by atoms with Crippen LogP contribution in [0.5, 0.6) is 0 Å². The molecule has 2 rings (SSSR count). The molecule has 0 saturated carbocycles. The van der Waals surface area contributed by atoms with Crippen molar-refractivity contribution in [1.29, 1.82) is 5.26 Å². The molecule has 0 saturated heterocycles. The van der Waals surface area contributed by atoms with Gasteiger partial charge in [0.15, 0.2) is 22.5 Å². The zero-order valence-corrected chi connectivity index (χ0v) is 7.89. The molecule has 1 aromatic carbocycles. The lowest BCUT2D eigenvalue weighted by molar-refractivity contribution is 0.510. The summed E-state index contributed by atoms with van der Waals surface area (Å²) < 4.78 is 25.6. The summed E-state index contributed by atoms with van der Waals surface area (Å²) in [5.41, 5.74) is 0.0860. The molecule has 0 bridgehead atoms. The standard InChI is InChI=1S/C9H2ClF2N3/c10-9-8(3-13)14-6-1-4(11)5(12)2-7(6)15-9/h1-2H. The molecule has 3 nitrogen and oxygen atoms in total. The van der Waals surface area contributed by atoms with Crippen LogP contribution >= 0.6 is 11.6 Å². The van der Waals surface area contributed by atoms with Gasteiger partial charge < -0.3 is 0 Å². The largest absolute Gasteiger partial charge is 0.232 e. The van der Waals surface area contributed by atoms with Gasteiger partial charge in [-0.2, -0.15) is 5.26 Å². The van der Waals surface area contributed by atoms with Gasteiger partial charge in [-0.3, -0.25) is 0 Å². The van der Waals surface area contributed by atoms with Crippen molar-refractivity contribution < 1.29 is 8.78 Å². The van der Waals surface area contributed by atoms with Crippen molar-refractivity contribution in [1.82, 2.24) is 9.97 Å². The first-order valence-corrected chi connectivity index (χ1v) is 4.22. The Kier molecular flexibility index (Phi) is 2.21. The molecule has 0 spiro atoms. The molecule has 1 heterocycles. The summed E-state index contributed by atoms with van der Waals surface area (Å²) in [7, 11) is 0. The van der Waals surface area contributed by atoms with Crippen molar-refractivity contribution in [2.75, 3.05) is 0 Å². The van der Waals surface area contributed by atoms with Crippen LogP contribution in [0.3, 0.4) is 0 Å². The van der Waals surface area contributed by atoms with E-state index >= 15 is 0 Å². The average Bonchev–Trinajstić information content (AvgIpc) is 2.20. The fourth-order valence-corrected chi connectivity index (χ4v) is 1.28. The number of nitrogens with zero attached hydrogens (tertiary/aromatic N) is 3. The van der Waals surface area contributed by atoms with Crippen LogP contribution in [-0.2, 0) is 0 Å². The molecule has 6 heteroatoms. The topological polar surface area (TPSA) is 49.6 Å². The minimum absolute atomic E-state index is 0.0925. The molecule has 0 atom stereocenters. The van der Waals surface area contributed by atoms with Crippen LogP contribution in [0.1, 0.15) is 5.69 Å². The molecule has 0 fully saturated rings. The van der Waals surface area contributed by atoms with Crippen molar-refractivity contribution >= 4 is 22.6 Å². The van der Waals surface area contributed by atoms with Gasteiger partial charge in [-0.15, -0.1) is 0 Å². The Labute approximate surface area is 87.9 Å². The van der Waals surface area contributed by atoms with Gasteiger partial charge in [-0.1, -0.05) is 11.6 Å². The predicted octanol–water partition coefficient (Wildman–Crippen LogP) is 2.43. The lowest BCUT2D eigenvalue weighted by Crippen LogP contribution is -1.93. The Balaban J connectivity index is 2.84. The van der Waals surface area contributed by atoms with Crippen molar-refractivity contribution in [3.8, 4) is 6.07 Å². The number of benzene rings is 1. The van der Waals surface area contributed by atoms with Gasteiger partial charge in [0.1, 0.15) is 6.07 Å². The average molecular weight is 226 g/mol. The van der Waals surface area contributed by atoms with Crippen molar-refractivity contribution in [2.45, 2.75) is 0 Å². The second-order valence-electron chi connectivity index (χ2n) is 2.73. The fourth-order valence-electron chi connectivity index (χ4n) is 1.10. The minimum atomic E-state index is -1.04. The molecule has 0 unspecified atom stereocenters. The van der Waals surface area contributed by atoms with E-state index in [2.05, 4.69) is 9.97 Å². The van der Waals surface area contributed by atoms with Gasteiger partial charge in [-0.05, 0) is 0 Å². The lowest BCUT2D eigenvalue weighted by Gasteiger charge is -1.99. The maximum absolute atomic E-state index is 12.8. The minimum Gasteiger partial charge on any atom is -0.232 e. The molecule has 0 aliphatic carbocycles. The van der Waals surface area contributed by atoms with Crippen LogP contribution in [0.2, 0.25) is 5.15 Å². The summed E-state index contributed by atoms with van der Waals surface area (Å²) in [6.45, 7) is 0. The Morgan fingerprint density at radius 2 is 1.67 bits per heavy atom. The molecular formula is C9H2ClF2N3. The van der Waals surface area contributed by atoms with E-state index in [0.29, 0.717) is 0 Å². The van der Waals surface area contributed by atoms with Crippen molar-refractivity contribution in [3.63, 3.8) is 0 Å². The second kappa shape index (κ2) is 3.41. The second-order valence-corrected chi connectivity index (χ2v) is 3.09. The first-order chi connectivity index (χ1) is 7.11. The molecule has 0 aliphatic rings. The lowest BCUT2D eigenvalue weighted by atomic mass is 10.2. The van der Waals surface area contributed by atoms with E-state index < -0.39 is 11.6 Å². The zero-order chi connectivity index (χ0) is 11.0. The van der Waals surface area contributed by atoms with Gasteiger partial charge >= 0.3 is 0 Å². The normalized spacial score (nSPS) is 10.3. The number of hydrogen-bond donors (Lipinski definition) is 0. The van der Waals surface area contributed by atoms with E-state index in [1.807, 2.05) is 0 Å². The molecule has 2 aromatic rings. The van der Waals surface area contributed by atoms with Crippen molar-refractivity contribution in [2.24, 2.45) is 0 Å². The highest BCUT2D eigenvalue weighted by atomic mass is 35.5. The number of fused-ring (bicyclic) bond motifs is 1. The zero-order valence-electron chi connectivity index (χ0n) is 7.13. The highest BCUT2D eigenvalue weighted by molar-refractivity contribution is 6.30. The molecule has 0 amide bonds. The Hall–Kier alpha value is -1.80. The number of nitriles is 1.